The van der Waals surface area contributed by atoms with E-state index in [-0.39, 0.29) is 5.91 Å². The third-order valence-electron chi connectivity index (χ3n) is 4.10. The second kappa shape index (κ2) is 10.1. The fourth-order valence-corrected chi connectivity index (χ4v) is 2.69. The lowest BCUT2D eigenvalue weighted by Gasteiger charge is -2.33. The van der Waals surface area contributed by atoms with E-state index in [1.54, 1.807) is 14.2 Å². The fraction of sp³-hybridized carbons (Fsp3) is 0.933. The zero-order valence-corrected chi connectivity index (χ0v) is 13.3. The Bertz CT molecular complexity index is 260. The van der Waals surface area contributed by atoms with E-state index in [0.717, 1.165) is 25.9 Å². The third-order valence-corrected chi connectivity index (χ3v) is 4.10. The molecule has 0 aromatic rings. The van der Waals surface area contributed by atoms with E-state index in [2.05, 4.69) is 4.90 Å². The van der Waals surface area contributed by atoms with Crippen LogP contribution < -0.4 is 0 Å². The molecule has 0 aromatic carbocycles. The smallest absolute Gasteiger partial charge is 0.236 e. The molecule has 5 heteroatoms. The first kappa shape index (κ1) is 17.4. The number of ether oxygens (including phenoxy) is 2. The zero-order chi connectivity index (χ0) is 14.8. The molecule has 118 valence electrons. The lowest BCUT2D eigenvalue weighted by Crippen LogP contribution is -2.45. The molecule has 5 nitrogen and oxygen atoms in total. The number of carbonyl (C=O) groups excluding carboxylic acids is 1. The van der Waals surface area contributed by atoms with E-state index in [1.165, 1.54) is 19.3 Å². The average Bonchev–Trinajstić information content (AvgIpc) is 2.49. The second-order valence-corrected chi connectivity index (χ2v) is 5.56. The molecule has 1 rings (SSSR count). The van der Waals surface area contributed by atoms with Crippen molar-refractivity contribution in [3.63, 3.8) is 0 Å². The number of rotatable bonds is 9. The van der Waals surface area contributed by atoms with Crippen LogP contribution in [-0.2, 0) is 14.3 Å². The molecule has 0 aromatic heterocycles. The van der Waals surface area contributed by atoms with E-state index < -0.39 is 0 Å². The van der Waals surface area contributed by atoms with Gasteiger partial charge in [-0.25, -0.2) is 0 Å². The quantitative estimate of drug-likeness (QED) is 0.642. The molecule has 1 aliphatic carbocycles. The summed E-state index contributed by atoms with van der Waals surface area (Å²) in [5.74, 6) is 0.212. The van der Waals surface area contributed by atoms with Gasteiger partial charge in [0.05, 0.1) is 19.8 Å². The van der Waals surface area contributed by atoms with Gasteiger partial charge in [0, 0.05) is 40.4 Å². The molecule has 1 amide bonds. The Morgan fingerprint density at radius 2 is 1.60 bits per heavy atom. The number of methoxy groups -OCH3 is 2. The summed E-state index contributed by atoms with van der Waals surface area (Å²) in [4.78, 5) is 16.4. The van der Waals surface area contributed by atoms with Crippen LogP contribution in [-0.4, -0.2) is 75.9 Å². The Morgan fingerprint density at radius 1 is 1.05 bits per heavy atom. The molecule has 0 radical (unpaired) electrons. The van der Waals surface area contributed by atoms with Crippen LogP contribution in [0.4, 0.5) is 0 Å². The average molecular weight is 286 g/mol. The van der Waals surface area contributed by atoms with Crippen LogP contribution in [0.2, 0.25) is 0 Å². The van der Waals surface area contributed by atoms with Crippen molar-refractivity contribution in [1.82, 2.24) is 9.80 Å². The predicted octanol–water partition coefficient (Wildman–Crippen LogP) is 1.37. The van der Waals surface area contributed by atoms with Crippen molar-refractivity contribution in [2.24, 2.45) is 0 Å². The van der Waals surface area contributed by atoms with Crippen LogP contribution in [0.5, 0.6) is 0 Å². The molecule has 1 saturated carbocycles. The van der Waals surface area contributed by atoms with E-state index in [1.807, 2.05) is 11.9 Å². The second-order valence-electron chi connectivity index (χ2n) is 5.56. The molecule has 0 atom stereocenters. The molecule has 20 heavy (non-hydrogen) atoms. The van der Waals surface area contributed by atoms with Gasteiger partial charge in [-0.1, -0.05) is 19.3 Å². The summed E-state index contributed by atoms with van der Waals surface area (Å²) in [7, 11) is 5.32. The van der Waals surface area contributed by atoms with Gasteiger partial charge in [-0.3, -0.25) is 9.69 Å². The predicted molar refractivity (Wildman–Crippen MR) is 79.8 cm³/mol. The Hall–Kier alpha value is -0.650. The van der Waals surface area contributed by atoms with Crippen molar-refractivity contribution >= 4 is 5.91 Å². The molecule has 0 N–H and O–H groups in total. The number of carbonyl (C=O) groups is 1. The van der Waals surface area contributed by atoms with E-state index >= 15 is 0 Å². The molecule has 0 aliphatic heterocycles. The SMILES string of the molecule is COCCN(CCOC)CC(=O)N(C)C1CCCCC1. The van der Waals surface area contributed by atoms with Crippen LogP contribution in [0.15, 0.2) is 0 Å². The van der Waals surface area contributed by atoms with Gasteiger partial charge in [0.15, 0.2) is 0 Å². The van der Waals surface area contributed by atoms with Crippen LogP contribution >= 0.6 is 0 Å². The van der Waals surface area contributed by atoms with Crippen molar-refractivity contribution < 1.29 is 14.3 Å². The number of likely N-dealkylation sites (N-methyl/N-ethyl adjacent to an activating group) is 1. The maximum Gasteiger partial charge on any atom is 0.236 e. The van der Waals surface area contributed by atoms with Crippen LogP contribution in [0, 0.1) is 0 Å². The van der Waals surface area contributed by atoms with Gasteiger partial charge in [0.25, 0.3) is 0 Å². The summed E-state index contributed by atoms with van der Waals surface area (Å²) < 4.78 is 10.2. The van der Waals surface area contributed by atoms with Crippen molar-refractivity contribution in [2.75, 3.05) is 54.1 Å². The maximum absolute atomic E-state index is 12.4. The van der Waals surface area contributed by atoms with E-state index in [4.69, 9.17) is 9.47 Å². The molecule has 0 saturated heterocycles. The first-order valence-electron chi connectivity index (χ1n) is 7.65. The molecule has 1 fully saturated rings. The van der Waals surface area contributed by atoms with Crippen molar-refractivity contribution in [2.45, 2.75) is 38.1 Å². The highest BCUT2D eigenvalue weighted by Gasteiger charge is 2.23. The van der Waals surface area contributed by atoms with Crippen molar-refractivity contribution in [3.8, 4) is 0 Å². The molecule has 0 spiro atoms. The summed E-state index contributed by atoms with van der Waals surface area (Å²) in [5.41, 5.74) is 0. The minimum Gasteiger partial charge on any atom is -0.383 e. The summed E-state index contributed by atoms with van der Waals surface area (Å²) in [5, 5.41) is 0. The van der Waals surface area contributed by atoms with Crippen molar-refractivity contribution in [1.29, 1.82) is 0 Å². The van der Waals surface area contributed by atoms with Gasteiger partial charge < -0.3 is 14.4 Å². The molecule has 0 heterocycles. The first-order valence-corrected chi connectivity index (χ1v) is 7.65. The van der Waals surface area contributed by atoms with Gasteiger partial charge in [0.2, 0.25) is 5.91 Å². The van der Waals surface area contributed by atoms with Gasteiger partial charge in [0.1, 0.15) is 0 Å². The highest BCUT2D eigenvalue weighted by atomic mass is 16.5. The standard InChI is InChI=1S/C15H30N2O3/c1-16(14-7-5-4-6-8-14)15(18)13-17(9-11-19-2)10-12-20-3/h14H,4-13H2,1-3H3. The third kappa shape index (κ3) is 6.20. The van der Waals surface area contributed by atoms with E-state index in [0.29, 0.717) is 25.8 Å². The summed E-state index contributed by atoms with van der Waals surface area (Å²) in [6, 6.07) is 0.433. The molecule has 0 bridgehead atoms. The summed E-state index contributed by atoms with van der Waals surface area (Å²) >= 11 is 0. The summed E-state index contributed by atoms with van der Waals surface area (Å²) in [6.45, 7) is 3.28. The highest BCUT2D eigenvalue weighted by molar-refractivity contribution is 5.78. The zero-order valence-electron chi connectivity index (χ0n) is 13.3. The van der Waals surface area contributed by atoms with Gasteiger partial charge in [-0.2, -0.15) is 0 Å². The van der Waals surface area contributed by atoms with Crippen LogP contribution in [0.1, 0.15) is 32.1 Å². The maximum atomic E-state index is 12.4. The number of nitrogens with zero attached hydrogens (tertiary/aromatic N) is 2. The molecule has 1 aliphatic rings. The topological polar surface area (TPSA) is 42.0 Å². The Labute approximate surface area is 123 Å². The number of amides is 1. The summed E-state index contributed by atoms with van der Waals surface area (Å²) in [6.07, 6.45) is 6.11. The molecule has 0 unspecified atom stereocenters. The first-order chi connectivity index (χ1) is 9.69. The van der Waals surface area contributed by atoms with Crippen LogP contribution in [0.25, 0.3) is 0 Å². The minimum atomic E-state index is 0.212. The fourth-order valence-electron chi connectivity index (χ4n) is 2.69. The Balaban J connectivity index is 2.41. The Kier molecular flexibility index (Phi) is 8.82. The largest absolute Gasteiger partial charge is 0.383 e. The van der Waals surface area contributed by atoms with E-state index in [9.17, 15) is 4.79 Å². The lowest BCUT2D eigenvalue weighted by molar-refractivity contribution is -0.134. The normalized spacial score (nSPS) is 16.6. The number of hydrogen-bond acceptors (Lipinski definition) is 4. The van der Waals surface area contributed by atoms with Crippen LogP contribution in [0.3, 0.4) is 0 Å². The van der Waals surface area contributed by atoms with Crippen molar-refractivity contribution in [3.05, 3.63) is 0 Å². The molecular weight excluding hydrogens is 256 g/mol. The highest BCUT2D eigenvalue weighted by Crippen LogP contribution is 2.21. The van der Waals surface area contributed by atoms with Gasteiger partial charge >= 0.3 is 0 Å². The Morgan fingerprint density at radius 3 is 2.10 bits per heavy atom. The molecular formula is C15H30N2O3. The van der Waals surface area contributed by atoms with Gasteiger partial charge in [-0.05, 0) is 12.8 Å². The monoisotopic (exact) mass is 286 g/mol. The minimum absolute atomic E-state index is 0.212. The van der Waals surface area contributed by atoms with Gasteiger partial charge in [-0.15, -0.1) is 0 Å². The number of hydrogen-bond donors (Lipinski definition) is 0. The lowest BCUT2D eigenvalue weighted by atomic mass is 9.94.